The first-order valence-electron chi connectivity index (χ1n) is 7.69. The molecule has 2 aliphatic rings. The zero-order chi connectivity index (χ0) is 15.6. The van der Waals surface area contributed by atoms with Crippen molar-refractivity contribution in [2.75, 3.05) is 39.4 Å². The van der Waals surface area contributed by atoms with E-state index < -0.39 is 10.2 Å². The summed E-state index contributed by atoms with van der Waals surface area (Å²) < 4.78 is 33.9. The maximum Gasteiger partial charge on any atom is 0.282 e. The Morgan fingerprint density at radius 3 is 2.68 bits per heavy atom. The average Bonchev–Trinajstić information content (AvgIpc) is 2.56. The SMILES string of the molecule is Cc1cncc([C@@H]2CCCN(S(=O)(=O)N3CCOCC3)C2)n1. The van der Waals surface area contributed by atoms with E-state index in [-0.39, 0.29) is 5.92 Å². The van der Waals surface area contributed by atoms with Gasteiger partial charge in [-0.1, -0.05) is 0 Å². The number of ether oxygens (including phenoxy) is 1. The van der Waals surface area contributed by atoms with Crippen LogP contribution in [0.4, 0.5) is 0 Å². The van der Waals surface area contributed by atoms with E-state index in [2.05, 4.69) is 9.97 Å². The van der Waals surface area contributed by atoms with Crippen LogP contribution in [0.1, 0.15) is 30.1 Å². The molecule has 0 bridgehead atoms. The van der Waals surface area contributed by atoms with Gasteiger partial charge in [0.1, 0.15) is 0 Å². The summed E-state index contributed by atoms with van der Waals surface area (Å²) >= 11 is 0. The van der Waals surface area contributed by atoms with Crippen molar-refractivity contribution in [3.05, 3.63) is 23.8 Å². The summed E-state index contributed by atoms with van der Waals surface area (Å²) in [7, 11) is -3.40. The summed E-state index contributed by atoms with van der Waals surface area (Å²) in [5.74, 6) is 0.122. The second-order valence-electron chi connectivity index (χ2n) is 5.80. The van der Waals surface area contributed by atoms with Crippen molar-refractivity contribution in [3.8, 4) is 0 Å². The maximum atomic E-state index is 12.7. The van der Waals surface area contributed by atoms with Gasteiger partial charge in [0.05, 0.1) is 24.6 Å². The second kappa shape index (κ2) is 6.57. The molecule has 0 aromatic carbocycles. The Morgan fingerprint density at radius 1 is 1.18 bits per heavy atom. The number of aromatic nitrogens is 2. The molecule has 0 radical (unpaired) electrons. The van der Waals surface area contributed by atoms with E-state index in [0.717, 1.165) is 24.2 Å². The van der Waals surface area contributed by atoms with E-state index in [1.54, 1.807) is 16.7 Å². The first kappa shape index (κ1) is 15.8. The summed E-state index contributed by atoms with van der Waals surface area (Å²) in [4.78, 5) is 8.69. The summed E-state index contributed by atoms with van der Waals surface area (Å²) in [5.41, 5.74) is 1.76. The van der Waals surface area contributed by atoms with E-state index >= 15 is 0 Å². The van der Waals surface area contributed by atoms with Crippen LogP contribution in [0.5, 0.6) is 0 Å². The van der Waals surface area contributed by atoms with Crippen LogP contribution in [-0.4, -0.2) is 66.4 Å². The van der Waals surface area contributed by atoms with Crippen molar-refractivity contribution in [2.45, 2.75) is 25.7 Å². The fourth-order valence-electron chi connectivity index (χ4n) is 3.01. The second-order valence-corrected chi connectivity index (χ2v) is 7.73. The first-order valence-corrected chi connectivity index (χ1v) is 9.08. The molecular formula is C14H22N4O3S. The molecule has 1 aromatic rings. The molecule has 122 valence electrons. The van der Waals surface area contributed by atoms with Crippen molar-refractivity contribution in [3.63, 3.8) is 0 Å². The monoisotopic (exact) mass is 326 g/mol. The van der Waals surface area contributed by atoms with Gasteiger partial charge in [-0.3, -0.25) is 9.97 Å². The van der Waals surface area contributed by atoms with Gasteiger partial charge < -0.3 is 4.74 Å². The zero-order valence-corrected chi connectivity index (χ0v) is 13.6. The molecule has 0 spiro atoms. The van der Waals surface area contributed by atoms with E-state index in [1.807, 2.05) is 6.92 Å². The van der Waals surface area contributed by atoms with Crippen molar-refractivity contribution < 1.29 is 13.2 Å². The van der Waals surface area contributed by atoms with Crippen LogP contribution in [0.25, 0.3) is 0 Å². The van der Waals surface area contributed by atoms with Gasteiger partial charge in [0, 0.05) is 44.5 Å². The Balaban J connectivity index is 1.75. The van der Waals surface area contributed by atoms with Gasteiger partial charge >= 0.3 is 0 Å². The Labute approximate surface area is 131 Å². The zero-order valence-electron chi connectivity index (χ0n) is 12.8. The first-order chi connectivity index (χ1) is 10.6. The van der Waals surface area contributed by atoms with E-state index in [4.69, 9.17) is 4.74 Å². The minimum atomic E-state index is -3.40. The molecule has 1 aromatic heterocycles. The highest BCUT2D eigenvalue weighted by Crippen LogP contribution is 2.28. The van der Waals surface area contributed by atoms with Crippen LogP contribution in [0.3, 0.4) is 0 Å². The number of rotatable bonds is 3. The predicted octanol–water partition coefficient (Wildman–Crippen LogP) is 0.541. The number of nitrogens with zero attached hydrogens (tertiary/aromatic N) is 4. The van der Waals surface area contributed by atoms with Gasteiger partial charge in [-0.2, -0.15) is 17.0 Å². The van der Waals surface area contributed by atoms with Crippen molar-refractivity contribution in [2.24, 2.45) is 0 Å². The molecule has 22 heavy (non-hydrogen) atoms. The van der Waals surface area contributed by atoms with E-state index in [1.165, 1.54) is 4.31 Å². The van der Waals surface area contributed by atoms with Gasteiger partial charge in [0.2, 0.25) is 0 Å². The smallest absolute Gasteiger partial charge is 0.282 e. The molecule has 2 fully saturated rings. The van der Waals surface area contributed by atoms with Crippen LogP contribution in [0.15, 0.2) is 12.4 Å². The molecular weight excluding hydrogens is 304 g/mol. The lowest BCUT2D eigenvalue weighted by Gasteiger charge is -2.36. The fourth-order valence-corrected chi connectivity index (χ4v) is 4.68. The molecule has 0 aliphatic carbocycles. The predicted molar refractivity (Wildman–Crippen MR) is 81.6 cm³/mol. The van der Waals surface area contributed by atoms with Crippen molar-refractivity contribution in [1.29, 1.82) is 0 Å². The maximum absolute atomic E-state index is 12.7. The van der Waals surface area contributed by atoms with Crippen LogP contribution in [-0.2, 0) is 14.9 Å². The van der Waals surface area contributed by atoms with Gasteiger partial charge in [0.15, 0.2) is 0 Å². The minimum absolute atomic E-state index is 0.122. The molecule has 0 saturated carbocycles. The van der Waals surface area contributed by atoms with Crippen molar-refractivity contribution in [1.82, 2.24) is 18.6 Å². The van der Waals surface area contributed by atoms with Gasteiger partial charge in [0.25, 0.3) is 10.2 Å². The summed E-state index contributed by atoms with van der Waals surface area (Å²) in [6.07, 6.45) is 5.27. The third kappa shape index (κ3) is 3.29. The van der Waals surface area contributed by atoms with Gasteiger partial charge in [-0.15, -0.1) is 0 Å². The quantitative estimate of drug-likeness (QED) is 0.810. The Kier molecular flexibility index (Phi) is 4.72. The third-order valence-corrected chi connectivity index (χ3v) is 6.20. The summed E-state index contributed by atoms with van der Waals surface area (Å²) in [6.45, 7) is 4.79. The molecule has 8 heteroatoms. The summed E-state index contributed by atoms with van der Waals surface area (Å²) in [6, 6.07) is 0. The normalized spacial score (nSPS) is 25.2. The highest BCUT2D eigenvalue weighted by Gasteiger charge is 2.35. The number of piperidine rings is 1. The molecule has 0 N–H and O–H groups in total. The van der Waals surface area contributed by atoms with E-state index in [9.17, 15) is 8.42 Å². The lowest BCUT2D eigenvalue weighted by Crippen LogP contribution is -2.51. The van der Waals surface area contributed by atoms with E-state index in [0.29, 0.717) is 39.4 Å². The van der Waals surface area contributed by atoms with Gasteiger partial charge in [-0.25, -0.2) is 0 Å². The number of morpholine rings is 1. The minimum Gasteiger partial charge on any atom is -0.379 e. The Hall–Kier alpha value is -1.09. The fraction of sp³-hybridized carbons (Fsp3) is 0.714. The molecule has 3 heterocycles. The van der Waals surface area contributed by atoms with Crippen LogP contribution < -0.4 is 0 Å². The Bertz CT molecular complexity index is 616. The summed E-state index contributed by atoms with van der Waals surface area (Å²) in [5, 5.41) is 0. The average molecular weight is 326 g/mol. The van der Waals surface area contributed by atoms with Gasteiger partial charge in [-0.05, 0) is 19.8 Å². The molecule has 7 nitrogen and oxygen atoms in total. The Morgan fingerprint density at radius 2 is 1.95 bits per heavy atom. The third-order valence-electron chi connectivity index (χ3n) is 4.20. The largest absolute Gasteiger partial charge is 0.379 e. The molecule has 2 saturated heterocycles. The van der Waals surface area contributed by atoms with Crippen LogP contribution >= 0.6 is 0 Å². The molecule has 3 rings (SSSR count). The lowest BCUT2D eigenvalue weighted by atomic mass is 9.96. The molecule has 2 aliphatic heterocycles. The highest BCUT2D eigenvalue weighted by atomic mass is 32.2. The van der Waals surface area contributed by atoms with Crippen LogP contribution in [0, 0.1) is 6.92 Å². The topological polar surface area (TPSA) is 75.6 Å². The molecule has 0 amide bonds. The number of hydrogen-bond donors (Lipinski definition) is 0. The standard InChI is InChI=1S/C14H22N4O3S/c1-12-9-15-10-14(16-12)13-3-2-4-18(11-13)22(19,20)17-5-7-21-8-6-17/h9-10,13H,2-8,11H2,1H3/t13-/m1/s1. The number of aryl methyl sites for hydroxylation is 1. The molecule has 1 atom stereocenters. The highest BCUT2D eigenvalue weighted by molar-refractivity contribution is 7.86. The lowest BCUT2D eigenvalue weighted by molar-refractivity contribution is 0.0695. The molecule has 0 unspecified atom stereocenters. The number of hydrogen-bond acceptors (Lipinski definition) is 5. The van der Waals surface area contributed by atoms with Crippen molar-refractivity contribution >= 4 is 10.2 Å². The van der Waals surface area contributed by atoms with Crippen LogP contribution in [0.2, 0.25) is 0 Å².